The van der Waals surface area contributed by atoms with E-state index in [1.54, 1.807) is 0 Å². The molecule has 0 aliphatic rings. The molecule has 0 atom stereocenters. The molecule has 1 aromatic heterocycles. The SMILES string of the molecule is Nc1cc(F)c(F)cc1-c1nc2ccc(F)cc2o1. The molecule has 0 amide bonds. The van der Waals surface area contributed by atoms with Gasteiger partial charge >= 0.3 is 0 Å². The maximum atomic E-state index is 13.2. The molecular formula is C13H7F3N2O. The molecule has 3 nitrogen and oxygen atoms in total. The number of nitrogens with zero attached hydrogens (tertiary/aromatic N) is 1. The molecule has 6 heteroatoms. The number of halogens is 3. The third kappa shape index (κ3) is 1.91. The van der Waals surface area contributed by atoms with Gasteiger partial charge < -0.3 is 10.2 Å². The lowest BCUT2D eigenvalue weighted by Gasteiger charge is -2.01. The quantitative estimate of drug-likeness (QED) is 0.684. The van der Waals surface area contributed by atoms with Crippen molar-refractivity contribution in [2.45, 2.75) is 0 Å². The van der Waals surface area contributed by atoms with Crippen molar-refractivity contribution in [3.63, 3.8) is 0 Å². The van der Waals surface area contributed by atoms with Gasteiger partial charge in [0.1, 0.15) is 11.3 Å². The summed E-state index contributed by atoms with van der Waals surface area (Å²) in [7, 11) is 0. The molecule has 3 rings (SSSR count). The van der Waals surface area contributed by atoms with E-state index in [0.717, 1.165) is 18.2 Å². The van der Waals surface area contributed by atoms with Gasteiger partial charge in [0.25, 0.3) is 0 Å². The number of fused-ring (bicyclic) bond motifs is 1. The van der Waals surface area contributed by atoms with Crippen molar-refractivity contribution in [1.29, 1.82) is 0 Å². The summed E-state index contributed by atoms with van der Waals surface area (Å²) >= 11 is 0. The number of hydrogen-bond acceptors (Lipinski definition) is 3. The van der Waals surface area contributed by atoms with Crippen molar-refractivity contribution in [3.8, 4) is 11.5 Å². The maximum absolute atomic E-state index is 13.2. The summed E-state index contributed by atoms with van der Waals surface area (Å²) in [5, 5.41) is 0. The summed E-state index contributed by atoms with van der Waals surface area (Å²) < 4.78 is 44.5. The van der Waals surface area contributed by atoms with Crippen LogP contribution in [0.5, 0.6) is 0 Å². The zero-order chi connectivity index (χ0) is 13.6. The second-order valence-corrected chi connectivity index (χ2v) is 3.98. The summed E-state index contributed by atoms with van der Waals surface area (Å²) in [6, 6.07) is 5.55. The summed E-state index contributed by atoms with van der Waals surface area (Å²) in [4.78, 5) is 4.05. The summed E-state index contributed by atoms with van der Waals surface area (Å²) in [5.41, 5.74) is 6.32. The van der Waals surface area contributed by atoms with Gasteiger partial charge in [-0.2, -0.15) is 0 Å². The van der Waals surface area contributed by atoms with E-state index in [1.807, 2.05) is 0 Å². The second-order valence-electron chi connectivity index (χ2n) is 3.98. The first-order valence-corrected chi connectivity index (χ1v) is 5.35. The van der Waals surface area contributed by atoms with Crippen molar-refractivity contribution in [2.24, 2.45) is 0 Å². The Morgan fingerprint density at radius 3 is 2.53 bits per heavy atom. The molecule has 3 aromatic rings. The number of hydrogen-bond donors (Lipinski definition) is 1. The van der Waals surface area contributed by atoms with E-state index in [4.69, 9.17) is 10.2 Å². The largest absolute Gasteiger partial charge is 0.436 e. The van der Waals surface area contributed by atoms with Gasteiger partial charge in [-0.05, 0) is 18.2 Å². The number of oxazole rings is 1. The Hall–Kier alpha value is -2.50. The third-order valence-electron chi connectivity index (χ3n) is 2.67. The Morgan fingerprint density at radius 2 is 1.74 bits per heavy atom. The van der Waals surface area contributed by atoms with Crippen molar-refractivity contribution in [2.75, 3.05) is 5.73 Å². The average Bonchev–Trinajstić information content (AvgIpc) is 2.76. The molecule has 0 aliphatic heterocycles. The highest BCUT2D eigenvalue weighted by atomic mass is 19.2. The van der Waals surface area contributed by atoms with E-state index in [1.165, 1.54) is 12.1 Å². The van der Waals surface area contributed by atoms with Crippen LogP contribution in [0.2, 0.25) is 0 Å². The minimum Gasteiger partial charge on any atom is -0.436 e. The van der Waals surface area contributed by atoms with E-state index in [0.29, 0.717) is 5.52 Å². The van der Waals surface area contributed by atoms with Gasteiger partial charge in [-0.1, -0.05) is 0 Å². The molecule has 0 aliphatic carbocycles. The minimum atomic E-state index is -1.06. The Morgan fingerprint density at radius 1 is 1.00 bits per heavy atom. The molecule has 0 spiro atoms. The summed E-state index contributed by atoms with van der Waals surface area (Å²) in [6.45, 7) is 0. The van der Waals surface area contributed by atoms with Crippen LogP contribution < -0.4 is 5.73 Å². The van der Waals surface area contributed by atoms with Crippen LogP contribution in [0.25, 0.3) is 22.6 Å². The highest BCUT2D eigenvalue weighted by Gasteiger charge is 2.15. The normalized spacial score (nSPS) is 11.1. The second kappa shape index (κ2) is 4.01. The Kier molecular flexibility index (Phi) is 2.45. The summed E-state index contributed by atoms with van der Waals surface area (Å²) in [5.74, 6) is -2.58. The monoisotopic (exact) mass is 264 g/mol. The number of nitrogen functional groups attached to an aromatic ring is 1. The van der Waals surface area contributed by atoms with Crippen LogP contribution in [-0.4, -0.2) is 4.98 Å². The van der Waals surface area contributed by atoms with Crippen LogP contribution in [0, 0.1) is 17.5 Å². The molecule has 0 saturated carbocycles. The molecule has 2 aromatic carbocycles. The van der Waals surface area contributed by atoms with Crippen LogP contribution in [0.3, 0.4) is 0 Å². The number of nitrogens with two attached hydrogens (primary N) is 1. The fourth-order valence-corrected chi connectivity index (χ4v) is 1.76. The lowest BCUT2D eigenvalue weighted by molar-refractivity contribution is 0.508. The van der Waals surface area contributed by atoms with Crippen LogP contribution in [0.1, 0.15) is 0 Å². The van der Waals surface area contributed by atoms with Crippen molar-refractivity contribution >= 4 is 16.8 Å². The van der Waals surface area contributed by atoms with E-state index in [2.05, 4.69) is 4.98 Å². The van der Waals surface area contributed by atoms with Gasteiger partial charge in [0.2, 0.25) is 5.89 Å². The first-order valence-electron chi connectivity index (χ1n) is 5.35. The average molecular weight is 264 g/mol. The van der Waals surface area contributed by atoms with Crippen LogP contribution in [0.4, 0.5) is 18.9 Å². The van der Waals surface area contributed by atoms with Crippen LogP contribution in [-0.2, 0) is 0 Å². The van der Waals surface area contributed by atoms with Gasteiger partial charge in [0, 0.05) is 17.8 Å². The molecular weight excluding hydrogens is 257 g/mol. The minimum absolute atomic E-state index is 0.00840. The first kappa shape index (κ1) is 11.6. The molecule has 1 heterocycles. The predicted molar refractivity (Wildman–Crippen MR) is 63.7 cm³/mol. The van der Waals surface area contributed by atoms with Gasteiger partial charge in [0.05, 0.1) is 5.56 Å². The molecule has 2 N–H and O–H groups in total. The van der Waals surface area contributed by atoms with Crippen molar-refractivity contribution in [1.82, 2.24) is 4.98 Å². The lowest BCUT2D eigenvalue weighted by atomic mass is 10.1. The standard InChI is InChI=1S/C13H7F3N2O/c14-6-1-2-11-12(3-6)19-13(18-11)7-4-8(15)9(16)5-10(7)17/h1-5H,17H2. The van der Waals surface area contributed by atoms with Gasteiger partial charge in [-0.25, -0.2) is 18.2 Å². The van der Waals surface area contributed by atoms with Gasteiger partial charge in [-0.15, -0.1) is 0 Å². The number of anilines is 1. The lowest BCUT2D eigenvalue weighted by Crippen LogP contribution is -1.94. The van der Waals surface area contributed by atoms with Crippen LogP contribution in [0.15, 0.2) is 34.7 Å². The Balaban J connectivity index is 2.21. The zero-order valence-electron chi connectivity index (χ0n) is 9.45. The van der Waals surface area contributed by atoms with E-state index >= 15 is 0 Å². The van der Waals surface area contributed by atoms with E-state index in [9.17, 15) is 13.2 Å². The maximum Gasteiger partial charge on any atom is 0.229 e. The third-order valence-corrected chi connectivity index (χ3v) is 2.67. The highest BCUT2D eigenvalue weighted by molar-refractivity contribution is 5.79. The number of rotatable bonds is 1. The van der Waals surface area contributed by atoms with Gasteiger partial charge in [-0.3, -0.25) is 0 Å². The van der Waals surface area contributed by atoms with Crippen molar-refractivity contribution < 1.29 is 17.6 Å². The fourth-order valence-electron chi connectivity index (χ4n) is 1.76. The Labute approximate surface area is 105 Å². The zero-order valence-corrected chi connectivity index (χ0v) is 9.45. The molecule has 19 heavy (non-hydrogen) atoms. The molecule has 0 radical (unpaired) electrons. The molecule has 96 valence electrons. The highest BCUT2D eigenvalue weighted by Crippen LogP contribution is 2.30. The van der Waals surface area contributed by atoms with Gasteiger partial charge in [0.15, 0.2) is 17.2 Å². The smallest absolute Gasteiger partial charge is 0.229 e. The molecule has 0 unspecified atom stereocenters. The first-order chi connectivity index (χ1) is 9.04. The molecule has 0 bridgehead atoms. The van der Waals surface area contributed by atoms with Crippen LogP contribution >= 0.6 is 0 Å². The Bertz CT molecular complexity index is 783. The van der Waals surface area contributed by atoms with E-state index < -0.39 is 17.5 Å². The predicted octanol–water partition coefficient (Wildman–Crippen LogP) is 3.49. The topological polar surface area (TPSA) is 52.0 Å². The molecule has 0 saturated heterocycles. The fraction of sp³-hybridized carbons (Fsp3) is 0. The number of benzene rings is 2. The van der Waals surface area contributed by atoms with E-state index in [-0.39, 0.29) is 22.7 Å². The number of aromatic nitrogens is 1. The van der Waals surface area contributed by atoms with Crippen molar-refractivity contribution in [3.05, 3.63) is 47.8 Å². The molecule has 0 fully saturated rings. The summed E-state index contributed by atoms with van der Waals surface area (Å²) in [6.07, 6.45) is 0.